The van der Waals surface area contributed by atoms with Crippen molar-refractivity contribution in [2.45, 2.75) is 27.7 Å². The van der Waals surface area contributed by atoms with E-state index in [4.69, 9.17) is 21.0 Å². The van der Waals surface area contributed by atoms with Crippen LogP contribution in [0.3, 0.4) is 0 Å². The molecule has 0 fully saturated rings. The van der Waals surface area contributed by atoms with Crippen molar-refractivity contribution in [3.8, 4) is 24.3 Å². The van der Waals surface area contributed by atoms with E-state index in [0.717, 1.165) is 0 Å². The summed E-state index contributed by atoms with van der Waals surface area (Å²) >= 11 is 0. The minimum absolute atomic E-state index is 0. The fourth-order valence-corrected chi connectivity index (χ4v) is 0. The Morgan fingerprint density at radius 2 is 0.667 bits per heavy atom. The summed E-state index contributed by atoms with van der Waals surface area (Å²) < 4.78 is 39.0. The second-order valence-corrected chi connectivity index (χ2v) is 1.39. The van der Waals surface area contributed by atoms with Crippen LogP contribution in [-0.2, 0) is 17.1 Å². The molecule has 0 unspecified atom stereocenters. The van der Waals surface area contributed by atoms with Crippen molar-refractivity contribution < 1.29 is 35.8 Å². The summed E-state index contributed by atoms with van der Waals surface area (Å²) in [6.45, 7) is 5.72. The van der Waals surface area contributed by atoms with Crippen LogP contribution in [0.2, 0.25) is 0 Å². The molecule has 0 aliphatic carbocycles. The van der Waals surface area contributed by atoms with E-state index >= 15 is 0 Å². The first kappa shape index (κ1) is 36.0. The van der Waals surface area contributed by atoms with Crippen molar-refractivity contribution in [1.29, 1.82) is 21.0 Å². The van der Waals surface area contributed by atoms with Gasteiger partial charge >= 0.3 is 8.68 Å². The third-order valence-electron chi connectivity index (χ3n) is 0. The summed E-state index contributed by atoms with van der Waals surface area (Å²) in [5, 5.41) is 29.3. The van der Waals surface area contributed by atoms with Gasteiger partial charge in [0.15, 0.2) is 0 Å². The first-order valence-corrected chi connectivity index (χ1v) is 3.77. The first-order chi connectivity index (χ1) is 7.66. The molecule has 0 saturated heterocycles. The molecule has 107 valence electrons. The summed E-state index contributed by atoms with van der Waals surface area (Å²) in [6.07, 6.45) is 0. The molecule has 0 aliphatic heterocycles. The van der Waals surface area contributed by atoms with E-state index in [1.807, 2.05) is 0 Å². The predicted molar refractivity (Wildman–Crippen MR) is 56.4 cm³/mol. The van der Waals surface area contributed by atoms with Crippen LogP contribution in [0.1, 0.15) is 29.1 Å². The molecule has 4 nitrogen and oxygen atoms in total. The average Bonchev–Trinajstić information content (AvgIpc) is 2.04. The van der Waals surface area contributed by atoms with Crippen molar-refractivity contribution in [1.82, 2.24) is 0 Å². The molecule has 0 bridgehead atoms. The molecule has 0 aromatic heterocycles. The summed E-state index contributed by atoms with van der Waals surface area (Å²) in [5.41, 5.74) is 0. The van der Waals surface area contributed by atoms with Gasteiger partial charge in [-0.25, -0.2) is 0 Å². The van der Waals surface area contributed by atoms with Gasteiger partial charge in [-0.05, 0) is 0 Å². The quantitative estimate of drug-likeness (QED) is 0.504. The Labute approximate surface area is 116 Å². The Hall–Kier alpha value is -1.74. The van der Waals surface area contributed by atoms with E-state index in [1.165, 1.54) is 27.7 Å². The van der Waals surface area contributed by atoms with Gasteiger partial charge in [-0.2, -0.15) is 21.0 Å². The topological polar surface area (TPSA) is 95.2 Å². The van der Waals surface area contributed by atoms with Crippen LogP contribution in [0.5, 0.6) is 0 Å². The van der Waals surface area contributed by atoms with Gasteiger partial charge in [0, 0.05) is 44.8 Å². The number of hydrogen-bond acceptors (Lipinski definition) is 4. The molecule has 0 rings (SSSR count). The van der Waals surface area contributed by atoms with Crippen molar-refractivity contribution in [2.75, 3.05) is 0 Å². The molecular formula is C8H13BCuF4N4. The molecule has 0 saturated carbocycles. The van der Waals surface area contributed by atoms with Crippen molar-refractivity contribution in [3.05, 3.63) is 0 Å². The molecule has 0 N–H and O–H groups in total. The molecule has 0 amide bonds. The minimum atomic E-state index is -6.00. The number of rotatable bonds is 0. The number of nitriles is 4. The Bertz CT molecular complexity index is 234. The van der Waals surface area contributed by atoms with Gasteiger partial charge in [0.05, 0.1) is 24.3 Å². The zero-order valence-electron chi connectivity index (χ0n) is 11.2. The second-order valence-electron chi connectivity index (χ2n) is 1.39. The Morgan fingerprint density at radius 1 is 0.667 bits per heavy atom. The standard InChI is InChI=1S/4C2H3N.BF4.Cu/c4*1-2-3;2-1(3,4)5;/h4*1H3;;/q;;;;-1;/p+1. The fourth-order valence-electron chi connectivity index (χ4n) is 0. The van der Waals surface area contributed by atoms with Crippen LogP contribution >= 0.6 is 0 Å². The monoisotopic (exact) mass is 315 g/mol. The number of nitrogens with zero attached hydrogens (tertiary/aromatic N) is 4. The van der Waals surface area contributed by atoms with E-state index in [2.05, 4.69) is 0 Å². The molecular weight excluding hydrogens is 302 g/mol. The van der Waals surface area contributed by atoms with Crippen LogP contribution in [0.15, 0.2) is 0 Å². The fraction of sp³-hybridized carbons (Fsp3) is 0.500. The average molecular weight is 316 g/mol. The Morgan fingerprint density at radius 3 is 0.667 bits per heavy atom. The maximum atomic E-state index is 9.75. The van der Waals surface area contributed by atoms with E-state index in [9.17, 15) is 17.3 Å². The molecule has 0 aliphatic rings. The van der Waals surface area contributed by atoms with Gasteiger partial charge in [-0.3, -0.25) is 0 Å². The Balaban J connectivity index is -0.0000000189. The van der Waals surface area contributed by atoms with Gasteiger partial charge < -0.3 is 17.3 Å². The third-order valence-corrected chi connectivity index (χ3v) is 0. The van der Waals surface area contributed by atoms with Gasteiger partial charge in [0.2, 0.25) is 0 Å². The van der Waals surface area contributed by atoms with Crippen LogP contribution in [-0.4, -0.2) is 7.25 Å². The third kappa shape index (κ3) is 833. The molecule has 1 radical (unpaired) electrons. The SMILES string of the molecule is CC#N.CC#N.CC#N.CC#N.F[B-](F)(F)F.[Cu].[H+]. The van der Waals surface area contributed by atoms with Gasteiger partial charge in [0.1, 0.15) is 0 Å². The van der Waals surface area contributed by atoms with E-state index in [-0.39, 0.29) is 18.5 Å². The normalized spacial score (nSPS) is 5.11. The maximum absolute atomic E-state index is 9.75. The molecule has 0 aromatic carbocycles. The molecule has 0 aromatic rings. The number of halogens is 4. The molecule has 0 heterocycles. The van der Waals surface area contributed by atoms with E-state index < -0.39 is 7.25 Å². The predicted octanol–water partition coefficient (Wildman–Crippen LogP) is 3.53. The zero-order valence-corrected chi connectivity index (χ0v) is 11.1. The van der Waals surface area contributed by atoms with Crippen molar-refractivity contribution in [2.24, 2.45) is 0 Å². The second kappa shape index (κ2) is 45.5. The van der Waals surface area contributed by atoms with Crippen LogP contribution in [0, 0.1) is 45.3 Å². The largest absolute Gasteiger partial charge is 1.00 e. The molecule has 0 spiro atoms. The van der Waals surface area contributed by atoms with Crippen molar-refractivity contribution in [3.63, 3.8) is 0 Å². The Kier molecular flexibility index (Phi) is 90.9. The molecule has 0 atom stereocenters. The van der Waals surface area contributed by atoms with E-state index in [0.29, 0.717) is 0 Å². The van der Waals surface area contributed by atoms with Crippen molar-refractivity contribution >= 4 is 7.25 Å². The van der Waals surface area contributed by atoms with Gasteiger partial charge in [0.25, 0.3) is 0 Å². The maximum Gasteiger partial charge on any atom is 1.00 e. The minimum Gasteiger partial charge on any atom is -0.418 e. The van der Waals surface area contributed by atoms with Crippen LogP contribution < -0.4 is 0 Å². The molecule has 10 heteroatoms. The zero-order chi connectivity index (χ0) is 15.3. The summed E-state index contributed by atoms with van der Waals surface area (Å²) in [6, 6.07) is 7.00. The summed E-state index contributed by atoms with van der Waals surface area (Å²) in [7, 11) is -6.00. The van der Waals surface area contributed by atoms with Gasteiger partial charge in [-0.15, -0.1) is 0 Å². The van der Waals surface area contributed by atoms with E-state index in [1.54, 1.807) is 24.3 Å². The smallest absolute Gasteiger partial charge is 0.418 e. The van der Waals surface area contributed by atoms with Gasteiger partial charge in [-0.1, -0.05) is 0 Å². The number of hydrogen-bond donors (Lipinski definition) is 0. The van der Waals surface area contributed by atoms with Crippen LogP contribution in [0.25, 0.3) is 0 Å². The molecule has 18 heavy (non-hydrogen) atoms. The first-order valence-electron chi connectivity index (χ1n) is 3.77. The summed E-state index contributed by atoms with van der Waals surface area (Å²) in [5.74, 6) is 0. The van der Waals surface area contributed by atoms with Crippen LogP contribution in [0.4, 0.5) is 17.3 Å². The summed E-state index contributed by atoms with van der Waals surface area (Å²) in [4.78, 5) is 0.